The van der Waals surface area contributed by atoms with Gasteiger partial charge < -0.3 is 20.7 Å². The average Bonchev–Trinajstić information content (AvgIpc) is 2.47. The zero-order valence-corrected chi connectivity index (χ0v) is 13.2. The van der Waals surface area contributed by atoms with E-state index in [-0.39, 0.29) is 11.0 Å². The van der Waals surface area contributed by atoms with Crippen LogP contribution in [0.15, 0.2) is 18.2 Å². The Bertz CT molecular complexity index is 540. The second-order valence-corrected chi connectivity index (χ2v) is 5.79. The van der Waals surface area contributed by atoms with E-state index in [2.05, 4.69) is 12.2 Å². The molecule has 2 rings (SSSR count). The number of likely N-dealkylation sites (tertiary alicyclic amines) is 1. The predicted octanol–water partition coefficient (Wildman–Crippen LogP) is 2.59. The summed E-state index contributed by atoms with van der Waals surface area (Å²) in [6, 6.07) is 5.21. The molecular weight excluding hydrogens is 286 g/mol. The molecule has 1 aromatic carbocycles. The molecule has 0 aromatic heterocycles. The molecule has 0 saturated carbocycles. The molecule has 1 aromatic rings. The highest BCUT2D eigenvalue weighted by Gasteiger charge is 2.22. The van der Waals surface area contributed by atoms with Crippen molar-refractivity contribution in [1.29, 1.82) is 0 Å². The minimum atomic E-state index is -0.135. The highest BCUT2D eigenvalue weighted by Crippen LogP contribution is 2.29. The van der Waals surface area contributed by atoms with Gasteiger partial charge in [0.05, 0.1) is 12.8 Å². The summed E-state index contributed by atoms with van der Waals surface area (Å²) in [7, 11) is 1.55. The number of para-hydroxylation sites is 1. The second kappa shape index (κ2) is 6.76. The third kappa shape index (κ3) is 3.64. The van der Waals surface area contributed by atoms with Crippen LogP contribution in [0.5, 0.6) is 5.75 Å². The predicted molar refractivity (Wildman–Crippen MR) is 87.9 cm³/mol. The lowest BCUT2D eigenvalue weighted by molar-refractivity contribution is 0.186. The summed E-state index contributed by atoms with van der Waals surface area (Å²) in [6.07, 6.45) is 2.06. The van der Waals surface area contributed by atoms with Crippen molar-refractivity contribution in [3.8, 4) is 5.75 Å². The number of carbonyl (C=O) groups excluding carboxylic acids is 1. The van der Waals surface area contributed by atoms with Crippen LogP contribution in [0.4, 0.5) is 10.5 Å². The molecule has 1 heterocycles. The van der Waals surface area contributed by atoms with Crippen LogP contribution in [0.25, 0.3) is 0 Å². The summed E-state index contributed by atoms with van der Waals surface area (Å²) in [5, 5.41) is 2.89. The second-order valence-electron chi connectivity index (χ2n) is 5.35. The van der Waals surface area contributed by atoms with Crippen LogP contribution in [0.1, 0.15) is 25.3 Å². The summed E-state index contributed by atoms with van der Waals surface area (Å²) in [6.45, 7) is 3.75. The van der Waals surface area contributed by atoms with Crippen LogP contribution in [0, 0.1) is 5.92 Å². The summed E-state index contributed by atoms with van der Waals surface area (Å²) < 4.78 is 5.29. The number of nitrogens with zero attached hydrogens (tertiary/aromatic N) is 1. The molecule has 1 fully saturated rings. The molecule has 0 radical (unpaired) electrons. The molecule has 0 atom stereocenters. The number of nitrogens with two attached hydrogens (primary N) is 1. The molecule has 1 aliphatic heterocycles. The third-order valence-electron chi connectivity index (χ3n) is 3.81. The Morgan fingerprint density at radius 1 is 1.43 bits per heavy atom. The van der Waals surface area contributed by atoms with Gasteiger partial charge in [-0.3, -0.25) is 0 Å². The largest absolute Gasteiger partial charge is 0.495 e. The SMILES string of the molecule is COc1cccc(C(N)=S)c1NC(=O)N1CCC(C)CC1. The average molecular weight is 307 g/mol. The van der Waals surface area contributed by atoms with Crippen molar-refractivity contribution in [3.05, 3.63) is 23.8 Å². The lowest BCUT2D eigenvalue weighted by Gasteiger charge is -2.30. The highest BCUT2D eigenvalue weighted by atomic mass is 32.1. The van der Waals surface area contributed by atoms with Crippen LogP contribution < -0.4 is 15.8 Å². The Kier molecular flexibility index (Phi) is 5.01. The van der Waals surface area contributed by atoms with Crippen LogP contribution in [0.3, 0.4) is 0 Å². The molecule has 114 valence electrons. The molecule has 1 aliphatic rings. The Hall–Kier alpha value is -1.82. The zero-order valence-electron chi connectivity index (χ0n) is 12.4. The molecule has 3 N–H and O–H groups in total. The third-order valence-corrected chi connectivity index (χ3v) is 4.03. The Labute approximate surface area is 130 Å². The number of thiocarbonyl (C=S) groups is 1. The molecule has 5 nitrogen and oxygen atoms in total. The maximum atomic E-state index is 12.4. The van der Waals surface area contributed by atoms with Crippen LogP contribution in [-0.2, 0) is 0 Å². The van der Waals surface area contributed by atoms with Crippen molar-refractivity contribution in [3.63, 3.8) is 0 Å². The van der Waals surface area contributed by atoms with Gasteiger partial charge in [0.15, 0.2) is 0 Å². The van der Waals surface area contributed by atoms with Gasteiger partial charge in [-0.25, -0.2) is 4.79 Å². The highest BCUT2D eigenvalue weighted by molar-refractivity contribution is 7.80. The minimum absolute atomic E-state index is 0.135. The molecule has 0 bridgehead atoms. The van der Waals surface area contributed by atoms with E-state index in [0.29, 0.717) is 22.9 Å². The molecule has 0 unspecified atom stereocenters. The molecule has 0 aliphatic carbocycles. The Morgan fingerprint density at radius 3 is 2.67 bits per heavy atom. The van der Waals surface area contributed by atoms with Gasteiger partial charge in [0.2, 0.25) is 0 Å². The van der Waals surface area contributed by atoms with Gasteiger partial charge >= 0.3 is 6.03 Å². The monoisotopic (exact) mass is 307 g/mol. The topological polar surface area (TPSA) is 67.6 Å². The number of hydrogen-bond donors (Lipinski definition) is 2. The zero-order chi connectivity index (χ0) is 15.4. The molecule has 1 saturated heterocycles. The van der Waals surface area contributed by atoms with Crippen molar-refractivity contribution in [2.24, 2.45) is 11.7 Å². The standard InChI is InChI=1S/C15H21N3O2S/c1-10-6-8-18(9-7-10)15(19)17-13-11(14(16)21)4-3-5-12(13)20-2/h3-5,10H,6-9H2,1-2H3,(H2,16,21)(H,17,19). The van der Waals surface area contributed by atoms with Gasteiger partial charge in [-0.15, -0.1) is 0 Å². The first-order valence-corrected chi connectivity index (χ1v) is 7.46. The Morgan fingerprint density at radius 2 is 2.10 bits per heavy atom. The van der Waals surface area contributed by atoms with E-state index in [1.807, 2.05) is 4.90 Å². The van der Waals surface area contributed by atoms with Crippen molar-refractivity contribution >= 4 is 28.9 Å². The van der Waals surface area contributed by atoms with E-state index in [1.54, 1.807) is 25.3 Å². The number of piperidine rings is 1. The summed E-state index contributed by atoms with van der Waals surface area (Å²) >= 11 is 5.04. The van der Waals surface area contributed by atoms with Gasteiger partial charge in [0, 0.05) is 18.7 Å². The number of amides is 2. The van der Waals surface area contributed by atoms with E-state index in [4.69, 9.17) is 22.7 Å². The van der Waals surface area contributed by atoms with E-state index in [9.17, 15) is 4.79 Å². The van der Waals surface area contributed by atoms with Crippen LogP contribution in [-0.4, -0.2) is 36.1 Å². The first-order valence-electron chi connectivity index (χ1n) is 7.05. The van der Waals surface area contributed by atoms with E-state index < -0.39 is 0 Å². The van der Waals surface area contributed by atoms with Crippen molar-refractivity contribution in [2.75, 3.05) is 25.5 Å². The first kappa shape index (κ1) is 15.6. The van der Waals surface area contributed by atoms with Gasteiger partial charge in [0.25, 0.3) is 0 Å². The number of carbonyl (C=O) groups is 1. The van der Waals surface area contributed by atoms with Gasteiger partial charge in [-0.2, -0.15) is 0 Å². The summed E-state index contributed by atoms with van der Waals surface area (Å²) in [5.74, 6) is 1.23. The van der Waals surface area contributed by atoms with Crippen LogP contribution in [0.2, 0.25) is 0 Å². The van der Waals surface area contributed by atoms with Crippen LogP contribution >= 0.6 is 12.2 Å². The van der Waals surface area contributed by atoms with E-state index in [1.165, 1.54) is 0 Å². The molecule has 2 amide bonds. The van der Waals surface area contributed by atoms with Crippen molar-refractivity contribution < 1.29 is 9.53 Å². The van der Waals surface area contributed by atoms with Gasteiger partial charge in [-0.1, -0.05) is 25.2 Å². The van der Waals surface area contributed by atoms with E-state index >= 15 is 0 Å². The maximum absolute atomic E-state index is 12.4. The normalized spacial score (nSPS) is 15.6. The fourth-order valence-corrected chi connectivity index (χ4v) is 2.60. The number of ether oxygens (including phenoxy) is 1. The number of urea groups is 1. The minimum Gasteiger partial charge on any atom is -0.495 e. The van der Waals surface area contributed by atoms with Gasteiger partial charge in [0.1, 0.15) is 10.7 Å². The van der Waals surface area contributed by atoms with Crippen molar-refractivity contribution in [2.45, 2.75) is 19.8 Å². The number of methoxy groups -OCH3 is 1. The van der Waals surface area contributed by atoms with Crippen molar-refractivity contribution in [1.82, 2.24) is 4.90 Å². The lowest BCUT2D eigenvalue weighted by Crippen LogP contribution is -2.40. The number of hydrogen-bond acceptors (Lipinski definition) is 3. The molecule has 6 heteroatoms. The number of nitrogens with one attached hydrogen (secondary N) is 1. The number of rotatable bonds is 3. The molecule has 0 spiro atoms. The first-order chi connectivity index (χ1) is 10.0. The fourth-order valence-electron chi connectivity index (χ4n) is 2.43. The number of anilines is 1. The quantitative estimate of drug-likeness (QED) is 0.842. The molecular formula is C15H21N3O2S. The summed E-state index contributed by atoms with van der Waals surface area (Å²) in [4.78, 5) is 14.4. The smallest absolute Gasteiger partial charge is 0.321 e. The Balaban J connectivity index is 2.18. The maximum Gasteiger partial charge on any atom is 0.321 e. The summed E-state index contributed by atoms with van der Waals surface area (Å²) in [5.41, 5.74) is 6.87. The lowest BCUT2D eigenvalue weighted by atomic mass is 10.00. The fraction of sp³-hybridized carbons (Fsp3) is 0.467. The molecule has 21 heavy (non-hydrogen) atoms. The number of benzene rings is 1. The van der Waals surface area contributed by atoms with Gasteiger partial charge in [-0.05, 0) is 30.9 Å². The van der Waals surface area contributed by atoms with E-state index in [0.717, 1.165) is 25.9 Å².